The van der Waals surface area contributed by atoms with Gasteiger partial charge in [0.15, 0.2) is 0 Å². The standard InChI is InChI=1S/C13H18ClN3O3/c1-9(2)6-16(8-13(15)18)7-10-5-11(17(19)20)3-4-12(10)14/h3-5,9H,6-8H2,1-2H3,(H2,15,18). The van der Waals surface area contributed by atoms with Gasteiger partial charge in [-0.1, -0.05) is 25.4 Å². The van der Waals surface area contributed by atoms with Crippen LogP contribution in [0.25, 0.3) is 0 Å². The molecule has 0 bridgehead atoms. The predicted molar refractivity (Wildman–Crippen MR) is 77.4 cm³/mol. The molecule has 0 radical (unpaired) electrons. The summed E-state index contributed by atoms with van der Waals surface area (Å²) in [7, 11) is 0. The molecule has 7 heteroatoms. The topological polar surface area (TPSA) is 89.5 Å². The van der Waals surface area contributed by atoms with Crippen molar-refractivity contribution in [3.63, 3.8) is 0 Å². The summed E-state index contributed by atoms with van der Waals surface area (Å²) in [4.78, 5) is 23.2. The summed E-state index contributed by atoms with van der Waals surface area (Å²) in [5.41, 5.74) is 5.81. The molecule has 0 atom stereocenters. The minimum atomic E-state index is -0.472. The highest BCUT2D eigenvalue weighted by Gasteiger charge is 2.15. The highest BCUT2D eigenvalue weighted by molar-refractivity contribution is 6.31. The van der Waals surface area contributed by atoms with E-state index in [2.05, 4.69) is 0 Å². The minimum absolute atomic E-state index is 0.0204. The summed E-state index contributed by atoms with van der Waals surface area (Å²) in [6, 6.07) is 4.27. The van der Waals surface area contributed by atoms with Gasteiger partial charge in [-0.05, 0) is 17.5 Å². The normalized spacial score (nSPS) is 11.1. The number of halogens is 1. The smallest absolute Gasteiger partial charge is 0.269 e. The fraction of sp³-hybridized carbons (Fsp3) is 0.462. The number of non-ortho nitro benzene ring substituents is 1. The van der Waals surface area contributed by atoms with Crippen LogP contribution in [-0.4, -0.2) is 28.8 Å². The zero-order chi connectivity index (χ0) is 15.3. The number of nitro groups is 1. The Morgan fingerprint density at radius 2 is 2.15 bits per heavy atom. The second kappa shape index (κ2) is 7.21. The van der Waals surface area contributed by atoms with Gasteiger partial charge in [0.1, 0.15) is 0 Å². The molecule has 0 aliphatic heterocycles. The van der Waals surface area contributed by atoms with Crippen LogP contribution in [-0.2, 0) is 11.3 Å². The molecule has 0 unspecified atom stereocenters. The monoisotopic (exact) mass is 299 g/mol. The van der Waals surface area contributed by atoms with E-state index < -0.39 is 10.8 Å². The summed E-state index contributed by atoms with van der Waals surface area (Å²) < 4.78 is 0. The van der Waals surface area contributed by atoms with Gasteiger partial charge in [0, 0.05) is 30.2 Å². The molecule has 0 saturated heterocycles. The first-order valence-electron chi connectivity index (χ1n) is 6.23. The van der Waals surface area contributed by atoms with Crippen molar-refractivity contribution in [2.24, 2.45) is 11.7 Å². The molecule has 0 fully saturated rings. The van der Waals surface area contributed by atoms with E-state index in [1.54, 1.807) is 0 Å². The summed E-state index contributed by atoms with van der Waals surface area (Å²) in [5, 5.41) is 11.2. The third-order valence-electron chi connectivity index (χ3n) is 2.64. The van der Waals surface area contributed by atoms with Crippen molar-refractivity contribution in [3.05, 3.63) is 38.9 Å². The number of nitrogens with two attached hydrogens (primary N) is 1. The lowest BCUT2D eigenvalue weighted by atomic mass is 10.1. The van der Waals surface area contributed by atoms with Gasteiger partial charge in [-0.3, -0.25) is 19.8 Å². The fourth-order valence-corrected chi connectivity index (χ4v) is 2.14. The zero-order valence-electron chi connectivity index (χ0n) is 11.5. The minimum Gasteiger partial charge on any atom is -0.369 e. The number of benzene rings is 1. The second-order valence-electron chi connectivity index (χ2n) is 5.06. The number of carbonyl (C=O) groups is 1. The number of amides is 1. The molecule has 110 valence electrons. The first-order chi connectivity index (χ1) is 9.29. The van der Waals surface area contributed by atoms with E-state index in [1.165, 1.54) is 18.2 Å². The lowest BCUT2D eigenvalue weighted by Gasteiger charge is -2.23. The van der Waals surface area contributed by atoms with Gasteiger partial charge < -0.3 is 5.73 Å². The first-order valence-corrected chi connectivity index (χ1v) is 6.61. The van der Waals surface area contributed by atoms with Crippen LogP contribution in [0.1, 0.15) is 19.4 Å². The van der Waals surface area contributed by atoms with Gasteiger partial charge in [-0.15, -0.1) is 0 Å². The maximum Gasteiger partial charge on any atom is 0.269 e. The molecule has 0 spiro atoms. The molecular weight excluding hydrogens is 282 g/mol. The number of carbonyl (C=O) groups excluding carboxylic acids is 1. The number of rotatable bonds is 7. The summed E-state index contributed by atoms with van der Waals surface area (Å²) >= 11 is 6.05. The van der Waals surface area contributed by atoms with Crippen LogP contribution in [0.4, 0.5) is 5.69 Å². The quantitative estimate of drug-likeness (QED) is 0.617. The van der Waals surface area contributed by atoms with Crippen molar-refractivity contribution >= 4 is 23.2 Å². The molecule has 0 heterocycles. The SMILES string of the molecule is CC(C)CN(CC(N)=O)Cc1cc([N+](=O)[O-])ccc1Cl. The van der Waals surface area contributed by atoms with Crippen LogP contribution in [0, 0.1) is 16.0 Å². The third-order valence-corrected chi connectivity index (χ3v) is 3.01. The molecule has 6 nitrogen and oxygen atoms in total. The van der Waals surface area contributed by atoms with Crippen LogP contribution in [0.5, 0.6) is 0 Å². The summed E-state index contributed by atoms with van der Waals surface area (Å²) in [6.07, 6.45) is 0. The van der Waals surface area contributed by atoms with Gasteiger partial charge in [-0.2, -0.15) is 0 Å². The van der Waals surface area contributed by atoms with E-state index in [1.807, 2.05) is 18.7 Å². The van der Waals surface area contributed by atoms with Crippen molar-refractivity contribution in [2.75, 3.05) is 13.1 Å². The molecule has 0 aromatic heterocycles. The molecule has 2 N–H and O–H groups in total. The summed E-state index contributed by atoms with van der Waals surface area (Å²) in [6.45, 7) is 5.13. The molecule has 0 aliphatic carbocycles. The predicted octanol–water partition coefficient (Wildman–Crippen LogP) is 2.19. The van der Waals surface area contributed by atoms with E-state index in [4.69, 9.17) is 17.3 Å². The zero-order valence-corrected chi connectivity index (χ0v) is 12.3. The summed E-state index contributed by atoms with van der Waals surface area (Å²) in [5.74, 6) is -0.0981. The van der Waals surface area contributed by atoms with Crippen molar-refractivity contribution in [1.29, 1.82) is 0 Å². The Labute approximate surface area is 122 Å². The molecule has 1 rings (SSSR count). The maximum atomic E-state index is 11.1. The van der Waals surface area contributed by atoms with Crippen molar-refractivity contribution in [2.45, 2.75) is 20.4 Å². The van der Waals surface area contributed by atoms with E-state index in [-0.39, 0.29) is 12.2 Å². The Kier molecular flexibility index (Phi) is 5.91. The van der Waals surface area contributed by atoms with Crippen LogP contribution in [0.3, 0.4) is 0 Å². The van der Waals surface area contributed by atoms with Crippen molar-refractivity contribution < 1.29 is 9.72 Å². The van der Waals surface area contributed by atoms with Crippen molar-refractivity contribution in [3.8, 4) is 0 Å². The average Bonchev–Trinajstić information content (AvgIpc) is 2.29. The Morgan fingerprint density at radius 3 is 2.65 bits per heavy atom. The van der Waals surface area contributed by atoms with E-state index in [9.17, 15) is 14.9 Å². The maximum absolute atomic E-state index is 11.1. The largest absolute Gasteiger partial charge is 0.369 e. The van der Waals surface area contributed by atoms with Crippen LogP contribution < -0.4 is 5.73 Å². The Bertz CT molecular complexity index is 506. The highest BCUT2D eigenvalue weighted by atomic mass is 35.5. The second-order valence-corrected chi connectivity index (χ2v) is 5.47. The molecule has 0 saturated carbocycles. The molecule has 1 aromatic rings. The number of hydrogen-bond acceptors (Lipinski definition) is 4. The van der Waals surface area contributed by atoms with E-state index >= 15 is 0 Å². The number of nitrogens with zero attached hydrogens (tertiary/aromatic N) is 2. The van der Waals surface area contributed by atoms with Gasteiger partial charge in [0.05, 0.1) is 11.5 Å². The lowest BCUT2D eigenvalue weighted by molar-refractivity contribution is -0.384. The van der Waals surface area contributed by atoms with Gasteiger partial charge in [-0.25, -0.2) is 0 Å². The highest BCUT2D eigenvalue weighted by Crippen LogP contribution is 2.23. The van der Waals surface area contributed by atoms with Crippen LogP contribution >= 0.6 is 11.6 Å². The molecule has 1 aromatic carbocycles. The first kappa shape index (κ1) is 16.4. The van der Waals surface area contributed by atoms with Crippen LogP contribution in [0.2, 0.25) is 5.02 Å². The molecule has 1 amide bonds. The lowest BCUT2D eigenvalue weighted by Crippen LogP contribution is -2.35. The number of nitro benzene ring substituents is 1. The fourth-order valence-electron chi connectivity index (χ4n) is 1.96. The van der Waals surface area contributed by atoms with Gasteiger partial charge in [0.25, 0.3) is 5.69 Å². The Morgan fingerprint density at radius 1 is 1.50 bits per heavy atom. The third kappa shape index (κ3) is 5.14. The number of hydrogen-bond donors (Lipinski definition) is 1. The van der Waals surface area contributed by atoms with Crippen molar-refractivity contribution in [1.82, 2.24) is 4.90 Å². The molecule has 0 aliphatic rings. The Balaban J connectivity index is 2.94. The molecular formula is C13H18ClN3O3. The van der Waals surface area contributed by atoms with E-state index in [0.717, 1.165) is 0 Å². The van der Waals surface area contributed by atoms with Gasteiger partial charge in [0.2, 0.25) is 5.91 Å². The Hall–Kier alpha value is -1.66. The van der Waals surface area contributed by atoms with E-state index in [0.29, 0.717) is 29.6 Å². The van der Waals surface area contributed by atoms with Gasteiger partial charge >= 0.3 is 0 Å². The molecule has 20 heavy (non-hydrogen) atoms. The van der Waals surface area contributed by atoms with Crippen LogP contribution in [0.15, 0.2) is 18.2 Å². The number of primary amides is 1. The average molecular weight is 300 g/mol.